The third-order valence-corrected chi connectivity index (χ3v) is 11.5. The molecule has 36 heavy (non-hydrogen) atoms. The maximum atomic E-state index is 14.1. The van der Waals surface area contributed by atoms with Gasteiger partial charge in [0.2, 0.25) is 0 Å². The van der Waals surface area contributed by atoms with E-state index in [9.17, 15) is 16.8 Å². The Morgan fingerprint density at radius 1 is 0.667 bits per heavy atom. The molecule has 0 saturated heterocycles. The normalized spacial score (nSPS) is 12.3. The van der Waals surface area contributed by atoms with E-state index in [1.807, 2.05) is 56.3 Å². The summed E-state index contributed by atoms with van der Waals surface area (Å²) in [6, 6.07) is 30.5. The summed E-state index contributed by atoms with van der Waals surface area (Å²) in [5.41, 5.74) is 2.43. The third kappa shape index (κ3) is 5.47. The molecule has 0 aliphatic heterocycles. The van der Waals surface area contributed by atoms with Crippen molar-refractivity contribution >= 4 is 45.2 Å². The Morgan fingerprint density at radius 3 is 1.61 bits per heavy atom. The van der Waals surface area contributed by atoms with Crippen LogP contribution in [0.4, 0.5) is 0 Å². The summed E-state index contributed by atoms with van der Waals surface area (Å²) in [7, 11) is -9.00. The standard InChI is InChI=1S/C28H25NO4S2Se/c1-22-18-19-27(23(2)20-22)28(21-36-26-16-10-5-11-17-26)29(34(30,31)24-12-6-3-7-13-24)35(32,33)25-14-8-4-9-15-25/h3-21H,1-2H3/b28-21+. The zero-order chi connectivity index (χ0) is 25.8. The first-order valence-corrected chi connectivity index (χ1v) is 15.8. The van der Waals surface area contributed by atoms with Crippen LogP contribution in [0, 0.1) is 13.8 Å². The van der Waals surface area contributed by atoms with Crippen LogP contribution in [0.15, 0.2) is 124 Å². The average molecular weight is 583 g/mol. The van der Waals surface area contributed by atoms with Crippen LogP contribution in [-0.2, 0) is 20.0 Å². The van der Waals surface area contributed by atoms with E-state index in [0.717, 1.165) is 15.6 Å². The van der Waals surface area contributed by atoms with Gasteiger partial charge in [-0.25, -0.2) is 0 Å². The summed E-state index contributed by atoms with van der Waals surface area (Å²) in [5, 5.41) is 0. The molecule has 4 rings (SSSR count). The molecule has 0 N–H and O–H groups in total. The second-order valence-electron chi connectivity index (χ2n) is 8.09. The first kappa shape index (κ1) is 25.9. The predicted octanol–water partition coefficient (Wildman–Crippen LogP) is 4.71. The zero-order valence-electron chi connectivity index (χ0n) is 19.8. The first-order chi connectivity index (χ1) is 17.2. The van der Waals surface area contributed by atoms with Gasteiger partial charge in [-0.1, -0.05) is 0 Å². The van der Waals surface area contributed by atoms with Gasteiger partial charge in [-0.3, -0.25) is 0 Å². The minimum absolute atomic E-state index is 0.104. The van der Waals surface area contributed by atoms with E-state index in [1.54, 1.807) is 47.4 Å². The van der Waals surface area contributed by atoms with Crippen LogP contribution in [0.5, 0.6) is 0 Å². The van der Waals surface area contributed by atoms with Gasteiger partial charge in [0.25, 0.3) is 0 Å². The molecule has 0 aliphatic carbocycles. The predicted molar refractivity (Wildman–Crippen MR) is 145 cm³/mol. The van der Waals surface area contributed by atoms with Crippen molar-refractivity contribution in [3.63, 3.8) is 0 Å². The summed E-state index contributed by atoms with van der Waals surface area (Å²) in [6.45, 7) is 3.79. The number of hydrogen-bond acceptors (Lipinski definition) is 4. The fraction of sp³-hybridized carbons (Fsp3) is 0.0714. The Hall–Kier alpha value is -3.16. The van der Waals surface area contributed by atoms with Gasteiger partial charge in [0.05, 0.1) is 0 Å². The van der Waals surface area contributed by atoms with E-state index in [1.165, 1.54) is 24.3 Å². The van der Waals surface area contributed by atoms with Crippen molar-refractivity contribution in [3.8, 4) is 0 Å². The summed E-state index contributed by atoms with van der Waals surface area (Å²) in [5.74, 6) is 0. The van der Waals surface area contributed by atoms with Crippen molar-refractivity contribution in [1.82, 2.24) is 3.71 Å². The summed E-state index contributed by atoms with van der Waals surface area (Å²) in [6.07, 6.45) is 0. The number of benzene rings is 4. The van der Waals surface area contributed by atoms with E-state index in [4.69, 9.17) is 0 Å². The number of aryl methyl sites for hydroxylation is 2. The number of sulfonamides is 2. The van der Waals surface area contributed by atoms with E-state index >= 15 is 0 Å². The van der Waals surface area contributed by atoms with Crippen molar-refractivity contribution in [2.75, 3.05) is 0 Å². The molecule has 4 aromatic carbocycles. The molecule has 0 radical (unpaired) electrons. The van der Waals surface area contributed by atoms with Crippen LogP contribution in [0.3, 0.4) is 0 Å². The molecule has 0 bridgehead atoms. The van der Waals surface area contributed by atoms with Gasteiger partial charge in [0.1, 0.15) is 0 Å². The fourth-order valence-electron chi connectivity index (χ4n) is 3.69. The monoisotopic (exact) mass is 583 g/mol. The molecule has 0 unspecified atom stereocenters. The second-order valence-corrected chi connectivity index (χ2v) is 13.9. The van der Waals surface area contributed by atoms with Gasteiger partial charge in [0.15, 0.2) is 0 Å². The molecule has 0 aromatic heterocycles. The van der Waals surface area contributed by atoms with E-state index in [-0.39, 0.29) is 30.4 Å². The van der Waals surface area contributed by atoms with Gasteiger partial charge in [-0.05, 0) is 0 Å². The maximum absolute atomic E-state index is 14.1. The van der Waals surface area contributed by atoms with Crippen LogP contribution < -0.4 is 4.46 Å². The Kier molecular flexibility index (Phi) is 7.81. The van der Waals surface area contributed by atoms with Crippen LogP contribution in [0.2, 0.25) is 0 Å². The Balaban J connectivity index is 2.02. The number of rotatable bonds is 8. The molecule has 0 saturated carbocycles. The quantitative estimate of drug-likeness (QED) is 0.282. The molecule has 0 fully saturated rings. The van der Waals surface area contributed by atoms with Crippen molar-refractivity contribution < 1.29 is 16.8 Å². The Morgan fingerprint density at radius 2 is 1.14 bits per heavy atom. The molecule has 0 heterocycles. The van der Waals surface area contributed by atoms with Crippen molar-refractivity contribution in [1.29, 1.82) is 0 Å². The molecular formula is C28H25NO4S2Se. The minimum atomic E-state index is -4.50. The molecule has 0 amide bonds. The Bertz CT molecular complexity index is 1520. The molecule has 0 atom stereocenters. The molecule has 4 aromatic rings. The van der Waals surface area contributed by atoms with Gasteiger partial charge in [0, 0.05) is 0 Å². The van der Waals surface area contributed by atoms with E-state index in [0.29, 0.717) is 9.27 Å². The zero-order valence-corrected chi connectivity index (χ0v) is 23.1. The summed E-state index contributed by atoms with van der Waals surface area (Å²) >= 11 is -0.343. The van der Waals surface area contributed by atoms with Crippen LogP contribution >= 0.6 is 0 Å². The average Bonchev–Trinajstić information content (AvgIpc) is 2.88. The number of hydrogen-bond donors (Lipinski definition) is 0. The van der Waals surface area contributed by atoms with Crippen LogP contribution in [-0.4, -0.2) is 35.5 Å². The molecule has 184 valence electrons. The molecule has 5 nitrogen and oxygen atoms in total. The molecule has 0 aliphatic rings. The number of nitrogens with zero attached hydrogens (tertiary/aromatic N) is 1. The van der Waals surface area contributed by atoms with Crippen LogP contribution in [0.25, 0.3) is 5.70 Å². The fourth-order valence-corrected chi connectivity index (χ4v) is 9.42. The summed E-state index contributed by atoms with van der Waals surface area (Å²) in [4.78, 5) is 1.53. The van der Waals surface area contributed by atoms with Gasteiger partial charge in [-0.2, -0.15) is 0 Å². The van der Waals surface area contributed by atoms with Crippen LogP contribution in [0.1, 0.15) is 16.7 Å². The Labute approximate surface area is 219 Å². The van der Waals surface area contributed by atoms with Crippen molar-refractivity contribution in [2.45, 2.75) is 23.6 Å². The topological polar surface area (TPSA) is 71.5 Å². The SMILES string of the molecule is Cc1ccc(/C(=C\[Se]c2ccccc2)N(S(=O)(=O)c2ccccc2)S(=O)(=O)c2ccccc2)c(C)c1. The third-order valence-electron chi connectivity index (χ3n) is 5.42. The van der Waals surface area contributed by atoms with E-state index in [2.05, 4.69) is 0 Å². The van der Waals surface area contributed by atoms with Gasteiger partial charge < -0.3 is 0 Å². The second kappa shape index (κ2) is 10.8. The van der Waals surface area contributed by atoms with Crippen molar-refractivity contribution in [3.05, 3.63) is 131 Å². The van der Waals surface area contributed by atoms with Gasteiger partial charge >= 0.3 is 220 Å². The first-order valence-electron chi connectivity index (χ1n) is 11.1. The summed E-state index contributed by atoms with van der Waals surface area (Å²) < 4.78 is 57.9. The van der Waals surface area contributed by atoms with Gasteiger partial charge in [-0.15, -0.1) is 0 Å². The van der Waals surface area contributed by atoms with Crippen molar-refractivity contribution in [2.24, 2.45) is 0 Å². The molecule has 8 heteroatoms. The molecular weight excluding hydrogens is 557 g/mol. The van der Waals surface area contributed by atoms with E-state index < -0.39 is 20.0 Å². The molecule has 0 spiro atoms.